The van der Waals surface area contributed by atoms with Crippen molar-refractivity contribution in [2.75, 3.05) is 36.5 Å². The number of aliphatic hydroxyl groups is 1. The van der Waals surface area contributed by atoms with Crippen molar-refractivity contribution in [3.8, 4) is 0 Å². The van der Waals surface area contributed by atoms with E-state index in [1.165, 1.54) is 0 Å². The molecule has 0 radical (unpaired) electrons. The number of carbonyl (C=O) groups excluding carboxylic acids is 1. The van der Waals surface area contributed by atoms with Crippen molar-refractivity contribution in [3.05, 3.63) is 96.1 Å². The molecule has 148 valence electrons. The van der Waals surface area contributed by atoms with Gasteiger partial charge in [0, 0.05) is 24.5 Å². The quantitative estimate of drug-likeness (QED) is 0.703. The normalized spacial score (nSPS) is 14.4. The number of ether oxygens (including phenoxy) is 1. The van der Waals surface area contributed by atoms with Crippen LogP contribution in [0.3, 0.4) is 0 Å². The highest BCUT2D eigenvalue weighted by molar-refractivity contribution is 6.00. The van der Waals surface area contributed by atoms with Crippen LogP contribution >= 0.6 is 0 Å². The fraction of sp³-hybridized carbons (Fsp3) is 0.208. The topological polar surface area (TPSA) is 61.8 Å². The Bertz CT molecular complexity index is 897. The maximum Gasteiger partial charge on any atom is 0.265 e. The van der Waals surface area contributed by atoms with Crippen LogP contribution in [0.25, 0.3) is 0 Å². The van der Waals surface area contributed by atoms with Gasteiger partial charge >= 0.3 is 0 Å². The average Bonchev–Trinajstić information content (AvgIpc) is 2.80. The molecule has 1 aliphatic rings. The summed E-state index contributed by atoms with van der Waals surface area (Å²) >= 11 is 0. The zero-order chi connectivity index (χ0) is 20.1. The van der Waals surface area contributed by atoms with Gasteiger partial charge < -0.3 is 20.1 Å². The van der Waals surface area contributed by atoms with Crippen molar-refractivity contribution in [1.29, 1.82) is 0 Å². The van der Waals surface area contributed by atoms with Crippen LogP contribution in [0.1, 0.15) is 11.1 Å². The fourth-order valence-electron chi connectivity index (χ4n) is 3.59. The van der Waals surface area contributed by atoms with E-state index in [-0.39, 0.29) is 0 Å². The maximum absolute atomic E-state index is 13.2. The SMILES string of the molecule is O=C(Nc1ccc(N2CCOCC2)cc1)C(O)(c1ccccc1)c1ccccc1. The van der Waals surface area contributed by atoms with Gasteiger partial charge in [0.2, 0.25) is 0 Å². The minimum atomic E-state index is -1.79. The lowest BCUT2D eigenvalue weighted by molar-refractivity contribution is -0.131. The van der Waals surface area contributed by atoms with Gasteiger partial charge in [-0.3, -0.25) is 4.79 Å². The molecule has 29 heavy (non-hydrogen) atoms. The first-order valence-corrected chi connectivity index (χ1v) is 9.75. The summed E-state index contributed by atoms with van der Waals surface area (Å²) in [7, 11) is 0. The molecule has 0 atom stereocenters. The maximum atomic E-state index is 13.2. The second kappa shape index (κ2) is 8.47. The summed E-state index contributed by atoms with van der Waals surface area (Å²) in [5.41, 5.74) is 0.984. The molecule has 0 spiro atoms. The molecule has 5 heteroatoms. The summed E-state index contributed by atoms with van der Waals surface area (Å²) in [5.74, 6) is -0.492. The minimum absolute atomic E-state index is 0.492. The summed E-state index contributed by atoms with van der Waals surface area (Å²) in [6.45, 7) is 3.15. The van der Waals surface area contributed by atoms with E-state index in [9.17, 15) is 9.90 Å². The molecular weight excluding hydrogens is 364 g/mol. The third-order valence-corrected chi connectivity index (χ3v) is 5.21. The molecule has 1 fully saturated rings. The molecule has 1 amide bonds. The molecule has 3 aromatic carbocycles. The van der Waals surface area contributed by atoms with Crippen LogP contribution in [0, 0.1) is 0 Å². The zero-order valence-corrected chi connectivity index (χ0v) is 16.1. The van der Waals surface area contributed by atoms with Crippen molar-refractivity contribution >= 4 is 17.3 Å². The van der Waals surface area contributed by atoms with Gasteiger partial charge in [0.05, 0.1) is 13.2 Å². The summed E-state index contributed by atoms with van der Waals surface area (Å²) in [6.07, 6.45) is 0. The van der Waals surface area contributed by atoms with E-state index in [1.807, 2.05) is 60.7 Å². The van der Waals surface area contributed by atoms with Gasteiger partial charge in [-0.05, 0) is 35.4 Å². The zero-order valence-electron chi connectivity index (χ0n) is 16.1. The number of carbonyl (C=O) groups is 1. The first-order chi connectivity index (χ1) is 14.2. The molecule has 1 heterocycles. The number of morpholine rings is 1. The van der Waals surface area contributed by atoms with Gasteiger partial charge in [0.1, 0.15) is 0 Å². The van der Waals surface area contributed by atoms with Crippen molar-refractivity contribution in [2.24, 2.45) is 0 Å². The number of anilines is 2. The molecular formula is C24H24N2O3. The Morgan fingerprint density at radius 1 is 0.828 bits per heavy atom. The van der Waals surface area contributed by atoms with Crippen molar-refractivity contribution in [2.45, 2.75) is 5.60 Å². The number of benzene rings is 3. The second-order valence-electron chi connectivity index (χ2n) is 7.04. The number of hydrogen-bond donors (Lipinski definition) is 2. The van der Waals surface area contributed by atoms with E-state index >= 15 is 0 Å². The van der Waals surface area contributed by atoms with Crippen molar-refractivity contribution in [1.82, 2.24) is 0 Å². The van der Waals surface area contributed by atoms with E-state index in [0.29, 0.717) is 16.8 Å². The minimum Gasteiger partial charge on any atom is -0.378 e. The Hall–Kier alpha value is -3.15. The molecule has 0 bridgehead atoms. The lowest BCUT2D eigenvalue weighted by Gasteiger charge is -2.29. The average molecular weight is 388 g/mol. The highest BCUT2D eigenvalue weighted by Crippen LogP contribution is 2.31. The molecule has 0 aliphatic carbocycles. The molecule has 1 aliphatic heterocycles. The lowest BCUT2D eigenvalue weighted by atomic mass is 9.85. The largest absolute Gasteiger partial charge is 0.378 e. The first kappa shape index (κ1) is 19.2. The van der Waals surface area contributed by atoms with Gasteiger partial charge in [-0.1, -0.05) is 60.7 Å². The molecule has 0 unspecified atom stereocenters. The van der Waals surface area contributed by atoms with Gasteiger partial charge in [0.15, 0.2) is 5.60 Å². The van der Waals surface area contributed by atoms with Crippen LogP contribution in [-0.2, 0) is 15.1 Å². The lowest BCUT2D eigenvalue weighted by Crippen LogP contribution is -2.41. The third kappa shape index (κ3) is 4.01. The summed E-state index contributed by atoms with van der Waals surface area (Å²) in [5, 5.41) is 14.4. The third-order valence-electron chi connectivity index (χ3n) is 5.21. The van der Waals surface area contributed by atoms with Gasteiger partial charge in [-0.25, -0.2) is 0 Å². The Kier molecular flexibility index (Phi) is 5.60. The monoisotopic (exact) mass is 388 g/mol. The van der Waals surface area contributed by atoms with Gasteiger partial charge in [-0.2, -0.15) is 0 Å². The Morgan fingerprint density at radius 2 is 1.34 bits per heavy atom. The number of nitrogens with zero attached hydrogens (tertiary/aromatic N) is 1. The summed E-state index contributed by atoms with van der Waals surface area (Å²) in [6, 6.07) is 25.7. The van der Waals surface area contributed by atoms with Crippen molar-refractivity contribution in [3.63, 3.8) is 0 Å². The highest BCUT2D eigenvalue weighted by atomic mass is 16.5. The predicted octanol–water partition coefficient (Wildman–Crippen LogP) is 3.40. The Balaban J connectivity index is 1.59. The van der Waals surface area contributed by atoms with Gasteiger partial charge in [0.25, 0.3) is 5.91 Å². The van der Waals surface area contributed by atoms with Gasteiger partial charge in [-0.15, -0.1) is 0 Å². The van der Waals surface area contributed by atoms with Crippen LogP contribution in [-0.4, -0.2) is 37.3 Å². The highest BCUT2D eigenvalue weighted by Gasteiger charge is 2.39. The molecule has 5 nitrogen and oxygen atoms in total. The van der Waals surface area contributed by atoms with Crippen LogP contribution < -0.4 is 10.2 Å². The number of nitrogens with one attached hydrogen (secondary N) is 1. The van der Waals surface area contributed by atoms with Crippen LogP contribution in [0.2, 0.25) is 0 Å². The van der Waals surface area contributed by atoms with E-state index in [4.69, 9.17) is 4.74 Å². The molecule has 1 saturated heterocycles. The predicted molar refractivity (Wildman–Crippen MR) is 114 cm³/mol. The van der Waals surface area contributed by atoms with E-state index in [2.05, 4.69) is 10.2 Å². The summed E-state index contributed by atoms with van der Waals surface area (Å²) < 4.78 is 5.39. The van der Waals surface area contributed by atoms with Crippen LogP contribution in [0.5, 0.6) is 0 Å². The number of amides is 1. The molecule has 4 rings (SSSR count). The van der Waals surface area contributed by atoms with E-state index < -0.39 is 11.5 Å². The summed E-state index contributed by atoms with van der Waals surface area (Å²) in [4.78, 5) is 15.5. The smallest absolute Gasteiger partial charge is 0.265 e. The molecule has 2 N–H and O–H groups in total. The Morgan fingerprint density at radius 3 is 1.86 bits per heavy atom. The number of hydrogen-bond acceptors (Lipinski definition) is 4. The van der Waals surface area contributed by atoms with E-state index in [1.54, 1.807) is 24.3 Å². The van der Waals surface area contributed by atoms with Crippen molar-refractivity contribution < 1.29 is 14.6 Å². The molecule has 0 saturated carbocycles. The van der Waals surface area contributed by atoms with Crippen LogP contribution in [0.15, 0.2) is 84.9 Å². The molecule has 0 aromatic heterocycles. The standard InChI is InChI=1S/C24H24N2O3/c27-23(25-21-11-13-22(14-12-21)26-15-17-29-18-16-26)24(28,19-7-3-1-4-8-19)20-9-5-2-6-10-20/h1-14,28H,15-18H2,(H,25,27). The Labute approximate surface area is 170 Å². The number of rotatable bonds is 5. The van der Waals surface area contributed by atoms with Crippen LogP contribution in [0.4, 0.5) is 11.4 Å². The fourth-order valence-corrected chi connectivity index (χ4v) is 3.59. The molecule has 3 aromatic rings. The van der Waals surface area contributed by atoms with E-state index in [0.717, 1.165) is 32.0 Å². The first-order valence-electron chi connectivity index (χ1n) is 9.75. The second-order valence-corrected chi connectivity index (χ2v) is 7.04.